The molecule has 0 spiro atoms. The van der Waals surface area contributed by atoms with Crippen LogP contribution >= 0.6 is 0 Å². The molecule has 0 aliphatic heterocycles. The lowest BCUT2D eigenvalue weighted by Crippen LogP contribution is -2.15. The van der Waals surface area contributed by atoms with E-state index < -0.39 is 38.7 Å². The average Bonchev–Trinajstić information content (AvgIpc) is 2.33. The van der Waals surface area contributed by atoms with Gasteiger partial charge in [0.05, 0.1) is 12.7 Å². The van der Waals surface area contributed by atoms with Crippen molar-refractivity contribution >= 4 is 22.2 Å². The summed E-state index contributed by atoms with van der Waals surface area (Å²) in [4.78, 5) is 10.8. The minimum atomic E-state index is -5.06. The summed E-state index contributed by atoms with van der Waals surface area (Å²) in [5, 5.41) is 9.16. The van der Waals surface area contributed by atoms with Gasteiger partial charge in [0.15, 0.2) is 0 Å². The third kappa shape index (κ3) is 3.83. The highest BCUT2D eigenvalue weighted by atomic mass is 32.2. The second kappa shape index (κ2) is 6.07. The molecule has 1 aromatic carbocycles. The number of carbonyl (C=O) groups excluding carboxylic acids is 1. The lowest BCUT2D eigenvalue weighted by atomic mass is 10.1. The first-order valence-corrected chi connectivity index (χ1v) is 6.56. The van der Waals surface area contributed by atoms with E-state index in [1.165, 1.54) is 0 Å². The van der Waals surface area contributed by atoms with Crippen molar-refractivity contribution in [1.29, 1.82) is 0 Å². The topological polar surface area (TPSA) is 101 Å². The second-order valence-corrected chi connectivity index (χ2v) is 5.10. The molecule has 1 unspecified atom stereocenters. The highest BCUT2D eigenvalue weighted by Gasteiger charge is 2.28. The van der Waals surface area contributed by atoms with E-state index in [2.05, 4.69) is 4.74 Å². The van der Waals surface area contributed by atoms with Crippen molar-refractivity contribution in [3.05, 3.63) is 41.0 Å². The minimum Gasteiger partial charge on any atom is -0.466 e. The number of aliphatic hydroxyl groups excluding tert-OH is 1. The average molecular weight is 308 g/mol. The normalized spacial score (nSPS) is 13.4. The number of hydrogen-bond donors (Lipinski definition) is 2. The molecule has 110 valence electrons. The number of esters is 1. The molecule has 9 heteroatoms. The number of hydrogen-bond acceptors (Lipinski definition) is 5. The number of methoxy groups -OCH3 is 1. The third-order valence-corrected chi connectivity index (χ3v) is 3.04. The van der Waals surface area contributed by atoms with Crippen molar-refractivity contribution in [1.82, 2.24) is 0 Å². The SMILES string of the molecule is COC(=O)/C=C/c1cc(F)c(C(O)S(=O)(=O)O)c(F)c1. The van der Waals surface area contributed by atoms with Crippen molar-refractivity contribution in [3.63, 3.8) is 0 Å². The van der Waals surface area contributed by atoms with Crippen LogP contribution in [0.3, 0.4) is 0 Å². The fraction of sp³-hybridized carbons (Fsp3) is 0.182. The Hall–Kier alpha value is -1.84. The maximum Gasteiger partial charge on any atom is 0.330 e. The van der Waals surface area contributed by atoms with Gasteiger partial charge in [-0.05, 0) is 23.8 Å². The van der Waals surface area contributed by atoms with E-state index in [9.17, 15) is 22.0 Å². The van der Waals surface area contributed by atoms with Gasteiger partial charge in [-0.3, -0.25) is 4.55 Å². The molecule has 0 fully saturated rings. The Bertz CT molecular complexity index is 630. The quantitative estimate of drug-likeness (QED) is 0.489. The van der Waals surface area contributed by atoms with Gasteiger partial charge in [0.1, 0.15) is 11.6 Å². The van der Waals surface area contributed by atoms with Gasteiger partial charge in [-0.15, -0.1) is 0 Å². The molecular formula is C11H10F2O6S. The molecule has 6 nitrogen and oxygen atoms in total. The lowest BCUT2D eigenvalue weighted by molar-refractivity contribution is -0.134. The summed E-state index contributed by atoms with van der Waals surface area (Å²) in [6.07, 6.45) is 1.93. The lowest BCUT2D eigenvalue weighted by Gasteiger charge is -2.10. The molecule has 1 rings (SSSR count). The van der Waals surface area contributed by atoms with E-state index in [0.29, 0.717) is 12.1 Å². The molecule has 1 atom stereocenters. The highest BCUT2D eigenvalue weighted by molar-refractivity contribution is 7.85. The number of rotatable bonds is 4. The first kappa shape index (κ1) is 16.2. The molecule has 2 N–H and O–H groups in total. The van der Waals surface area contributed by atoms with Gasteiger partial charge in [0.2, 0.25) is 5.44 Å². The second-order valence-electron chi connectivity index (χ2n) is 3.62. The van der Waals surface area contributed by atoms with Crippen LogP contribution in [-0.4, -0.2) is 31.2 Å². The van der Waals surface area contributed by atoms with E-state index in [0.717, 1.165) is 19.3 Å². The zero-order valence-electron chi connectivity index (χ0n) is 10.1. The van der Waals surface area contributed by atoms with Crippen LogP contribution in [0.5, 0.6) is 0 Å². The van der Waals surface area contributed by atoms with Crippen LogP contribution in [0.1, 0.15) is 16.6 Å². The van der Waals surface area contributed by atoms with Gasteiger partial charge in [-0.1, -0.05) is 0 Å². The Morgan fingerprint density at radius 3 is 2.25 bits per heavy atom. The van der Waals surface area contributed by atoms with Crippen LogP contribution in [0, 0.1) is 11.6 Å². The monoisotopic (exact) mass is 308 g/mol. The predicted octanol–water partition coefficient (Wildman–Crippen LogP) is 1.03. The van der Waals surface area contributed by atoms with Crippen molar-refractivity contribution in [3.8, 4) is 0 Å². The van der Waals surface area contributed by atoms with Crippen LogP contribution in [0.4, 0.5) is 8.78 Å². The molecule has 0 heterocycles. The molecule has 20 heavy (non-hydrogen) atoms. The van der Waals surface area contributed by atoms with Gasteiger partial charge in [-0.25, -0.2) is 13.6 Å². The Morgan fingerprint density at radius 2 is 1.85 bits per heavy atom. The Morgan fingerprint density at radius 1 is 1.35 bits per heavy atom. The van der Waals surface area contributed by atoms with Crippen LogP contribution in [0.25, 0.3) is 6.08 Å². The highest BCUT2D eigenvalue weighted by Crippen LogP contribution is 2.26. The van der Waals surface area contributed by atoms with Crippen molar-refractivity contribution in [2.75, 3.05) is 7.11 Å². The molecule has 0 bridgehead atoms. The number of benzene rings is 1. The van der Waals surface area contributed by atoms with Crippen LogP contribution < -0.4 is 0 Å². The number of aliphatic hydroxyl groups is 1. The van der Waals surface area contributed by atoms with Crippen molar-refractivity contribution in [2.24, 2.45) is 0 Å². The van der Waals surface area contributed by atoms with Gasteiger partial charge >= 0.3 is 5.97 Å². The first-order valence-electron chi connectivity index (χ1n) is 5.06. The maximum absolute atomic E-state index is 13.6. The summed E-state index contributed by atoms with van der Waals surface area (Å²) in [6, 6.07) is 1.37. The Balaban J connectivity index is 3.23. The molecule has 0 aromatic heterocycles. The van der Waals surface area contributed by atoms with Crippen LogP contribution in [-0.2, 0) is 19.6 Å². The van der Waals surface area contributed by atoms with Crippen LogP contribution in [0.15, 0.2) is 18.2 Å². The molecule has 0 saturated carbocycles. The molecular weight excluding hydrogens is 298 g/mol. The fourth-order valence-corrected chi connectivity index (χ4v) is 1.84. The summed E-state index contributed by atoms with van der Waals surface area (Å²) in [6.45, 7) is 0. The summed E-state index contributed by atoms with van der Waals surface area (Å²) >= 11 is 0. The first-order chi connectivity index (χ1) is 9.16. The number of ether oxygens (including phenoxy) is 1. The molecule has 1 aromatic rings. The Labute approximate surface area is 113 Å². The van der Waals surface area contributed by atoms with E-state index in [1.54, 1.807) is 0 Å². The molecule has 0 aliphatic rings. The molecule has 0 radical (unpaired) electrons. The fourth-order valence-electron chi connectivity index (χ4n) is 1.32. The number of carbonyl (C=O) groups is 1. The smallest absolute Gasteiger partial charge is 0.330 e. The minimum absolute atomic E-state index is 0.100. The van der Waals surface area contributed by atoms with Gasteiger partial charge in [-0.2, -0.15) is 8.42 Å². The molecule has 0 aliphatic carbocycles. The summed E-state index contributed by atoms with van der Waals surface area (Å²) in [5.74, 6) is -3.54. The summed E-state index contributed by atoms with van der Waals surface area (Å²) in [5.41, 5.74) is -4.04. The molecule has 0 amide bonds. The number of halogens is 2. The summed E-state index contributed by atoms with van der Waals surface area (Å²) < 4.78 is 61.3. The van der Waals surface area contributed by atoms with Crippen LogP contribution in [0.2, 0.25) is 0 Å². The van der Waals surface area contributed by atoms with Crippen molar-refractivity contribution in [2.45, 2.75) is 5.44 Å². The third-order valence-electron chi connectivity index (χ3n) is 2.24. The van der Waals surface area contributed by atoms with E-state index in [1.807, 2.05) is 0 Å². The van der Waals surface area contributed by atoms with Gasteiger partial charge in [0, 0.05) is 6.08 Å². The molecule has 0 saturated heterocycles. The Kier molecular flexibility index (Phi) is 4.93. The predicted molar refractivity (Wildman–Crippen MR) is 63.9 cm³/mol. The van der Waals surface area contributed by atoms with Gasteiger partial charge in [0.25, 0.3) is 10.1 Å². The zero-order chi connectivity index (χ0) is 15.5. The van der Waals surface area contributed by atoms with Crippen molar-refractivity contribution < 1.29 is 36.4 Å². The van der Waals surface area contributed by atoms with E-state index >= 15 is 0 Å². The standard InChI is InChI=1S/C11H10F2O6S/c1-19-9(14)3-2-6-4-7(12)10(8(13)5-6)11(15)20(16,17)18/h2-5,11,15H,1H3,(H,16,17,18)/b3-2+. The van der Waals surface area contributed by atoms with E-state index in [4.69, 9.17) is 9.66 Å². The zero-order valence-corrected chi connectivity index (χ0v) is 10.9. The van der Waals surface area contributed by atoms with E-state index in [-0.39, 0.29) is 5.56 Å². The maximum atomic E-state index is 13.6. The summed E-state index contributed by atoms with van der Waals surface area (Å²) in [7, 11) is -3.95. The van der Waals surface area contributed by atoms with Gasteiger partial charge < -0.3 is 9.84 Å². The largest absolute Gasteiger partial charge is 0.466 e.